The molecule has 1 aromatic rings. The molecule has 0 saturated heterocycles. The molecule has 0 saturated carbocycles. The molecule has 1 aromatic heterocycles. The van der Waals surface area contributed by atoms with Crippen LogP contribution in [0.3, 0.4) is 0 Å². The Morgan fingerprint density at radius 1 is 1.50 bits per heavy atom. The van der Waals surface area contributed by atoms with E-state index in [-0.39, 0.29) is 6.61 Å². The molecule has 2 rings (SSSR count). The van der Waals surface area contributed by atoms with Crippen molar-refractivity contribution >= 4 is 15.9 Å². The first-order chi connectivity index (χ1) is 5.83. The van der Waals surface area contributed by atoms with Crippen LogP contribution in [0.1, 0.15) is 24.2 Å². The summed E-state index contributed by atoms with van der Waals surface area (Å²) in [6.07, 6.45) is 3.48. The molecule has 4 heteroatoms. The monoisotopic (exact) mass is 230 g/mol. The van der Waals surface area contributed by atoms with Crippen LogP contribution in [0.5, 0.6) is 0 Å². The lowest BCUT2D eigenvalue weighted by Gasteiger charge is -2.15. The molecule has 0 atom stereocenters. The van der Waals surface area contributed by atoms with Crippen molar-refractivity contribution in [2.45, 2.75) is 32.4 Å². The Bertz CT molecular complexity index is 295. The first-order valence-electron chi connectivity index (χ1n) is 4.17. The first-order valence-corrected chi connectivity index (χ1v) is 4.97. The average molecular weight is 231 g/mol. The van der Waals surface area contributed by atoms with E-state index in [1.165, 1.54) is 18.5 Å². The van der Waals surface area contributed by atoms with Gasteiger partial charge in [-0.15, -0.1) is 0 Å². The zero-order valence-corrected chi connectivity index (χ0v) is 8.34. The number of imidazole rings is 1. The van der Waals surface area contributed by atoms with Crippen molar-refractivity contribution in [1.82, 2.24) is 9.55 Å². The van der Waals surface area contributed by atoms with E-state index in [0.717, 1.165) is 23.4 Å². The molecule has 2 heterocycles. The number of nitrogens with zero attached hydrogens (tertiary/aromatic N) is 2. The minimum atomic E-state index is 0.0565. The highest BCUT2D eigenvalue weighted by Crippen LogP contribution is 2.23. The van der Waals surface area contributed by atoms with Crippen LogP contribution in [0.15, 0.2) is 4.73 Å². The fourth-order valence-corrected chi connectivity index (χ4v) is 2.30. The van der Waals surface area contributed by atoms with Crippen LogP contribution in [0.4, 0.5) is 0 Å². The van der Waals surface area contributed by atoms with Crippen molar-refractivity contribution in [1.29, 1.82) is 0 Å². The number of fused-ring (bicyclic) bond motifs is 1. The third-order valence-corrected chi connectivity index (χ3v) is 2.91. The van der Waals surface area contributed by atoms with E-state index < -0.39 is 0 Å². The van der Waals surface area contributed by atoms with Gasteiger partial charge in [0, 0.05) is 12.2 Å². The Hall–Kier alpha value is -0.350. The topological polar surface area (TPSA) is 38.1 Å². The van der Waals surface area contributed by atoms with Gasteiger partial charge in [0.05, 0.1) is 12.3 Å². The van der Waals surface area contributed by atoms with Crippen LogP contribution in [-0.4, -0.2) is 14.7 Å². The van der Waals surface area contributed by atoms with Gasteiger partial charge in [0.15, 0.2) is 4.73 Å². The molecule has 0 bridgehead atoms. The number of aliphatic hydroxyl groups is 1. The molecule has 1 aliphatic rings. The number of aromatic nitrogens is 2. The number of halogens is 1. The molecule has 0 fully saturated rings. The van der Waals surface area contributed by atoms with Gasteiger partial charge in [-0.2, -0.15) is 0 Å². The summed E-state index contributed by atoms with van der Waals surface area (Å²) in [7, 11) is 0. The molecule has 1 N–H and O–H groups in total. The summed E-state index contributed by atoms with van der Waals surface area (Å²) in [5.74, 6) is 0. The summed E-state index contributed by atoms with van der Waals surface area (Å²) >= 11 is 3.38. The molecule has 3 nitrogen and oxygen atoms in total. The molecule has 0 aromatic carbocycles. The van der Waals surface area contributed by atoms with Gasteiger partial charge in [-0.05, 0) is 35.2 Å². The van der Waals surface area contributed by atoms with Crippen molar-refractivity contribution in [2.75, 3.05) is 0 Å². The second-order valence-electron chi connectivity index (χ2n) is 3.04. The van der Waals surface area contributed by atoms with E-state index in [1.54, 1.807) is 0 Å². The molecule has 12 heavy (non-hydrogen) atoms. The summed E-state index contributed by atoms with van der Waals surface area (Å²) in [5, 5.41) is 9.01. The third kappa shape index (κ3) is 1.19. The fraction of sp³-hybridized carbons (Fsp3) is 0.625. The number of hydrogen-bond donors (Lipinski definition) is 1. The largest absolute Gasteiger partial charge is 0.390 e. The maximum Gasteiger partial charge on any atom is 0.177 e. The van der Waals surface area contributed by atoms with E-state index in [2.05, 4.69) is 25.5 Å². The molecule has 0 amide bonds. The van der Waals surface area contributed by atoms with E-state index in [1.807, 2.05) is 0 Å². The normalized spacial score (nSPS) is 16.2. The van der Waals surface area contributed by atoms with Gasteiger partial charge in [0.2, 0.25) is 0 Å². The molecule has 66 valence electrons. The number of aliphatic hydroxyl groups excluding tert-OH is 1. The van der Waals surface area contributed by atoms with Crippen molar-refractivity contribution in [3.8, 4) is 0 Å². The maximum atomic E-state index is 9.01. The zero-order chi connectivity index (χ0) is 8.55. The average Bonchev–Trinajstić information content (AvgIpc) is 2.44. The van der Waals surface area contributed by atoms with Gasteiger partial charge in [0.1, 0.15) is 0 Å². The van der Waals surface area contributed by atoms with Crippen LogP contribution in [0, 0.1) is 0 Å². The fourth-order valence-electron chi connectivity index (χ4n) is 1.70. The summed E-state index contributed by atoms with van der Waals surface area (Å²) in [6.45, 7) is 1.09. The van der Waals surface area contributed by atoms with E-state index >= 15 is 0 Å². The molecule has 0 radical (unpaired) electrons. The molecular weight excluding hydrogens is 220 g/mol. The Morgan fingerprint density at radius 2 is 2.33 bits per heavy atom. The van der Waals surface area contributed by atoms with Crippen LogP contribution in [-0.2, 0) is 19.6 Å². The predicted molar refractivity (Wildman–Crippen MR) is 48.8 cm³/mol. The highest BCUT2D eigenvalue weighted by molar-refractivity contribution is 9.10. The van der Waals surface area contributed by atoms with Crippen LogP contribution in [0.25, 0.3) is 0 Å². The van der Waals surface area contributed by atoms with Crippen LogP contribution >= 0.6 is 15.9 Å². The molecular formula is C8H11BrN2O. The van der Waals surface area contributed by atoms with Crippen molar-refractivity contribution < 1.29 is 5.11 Å². The van der Waals surface area contributed by atoms with Gasteiger partial charge in [0.25, 0.3) is 0 Å². The van der Waals surface area contributed by atoms with E-state index in [9.17, 15) is 0 Å². The van der Waals surface area contributed by atoms with E-state index in [0.29, 0.717) is 0 Å². The molecule has 0 unspecified atom stereocenters. The van der Waals surface area contributed by atoms with Gasteiger partial charge in [-0.25, -0.2) is 4.98 Å². The molecule has 1 aliphatic heterocycles. The quantitative estimate of drug-likeness (QED) is 0.794. The second-order valence-corrected chi connectivity index (χ2v) is 3.75. The van der Waals surface area contributed by atoms with Gasteiger partial charge in [-0.1, -0.05) is 0 Å². The smallest absolute Gasteiger partial charge is 0.177 e. The van der Waals surface area contributed by atoms with Crippen molar-refractivity contribution in [2.24, 2.45) is 0 Å². The van der Waals surface area contributed by atoms with Crippen LogP contribution < -0.4 is 0 Å². The van der Waals surface area contributed by atoms with Gasteiger partial charge in [-0.3, -0.25) is 0 Å². The summed E-state index contributed by atoms with van der Waals surface area (Å²) < 4.78 is 3.01. The standard InChI is InChI=1S/C8H11BrN2O/c9-8-10-6(5-12)7-3-1-2-4-11(7)8/h12H,1-5H2. The number of hydrogen-bond acceptors (Lipinski definition) is 2. The minimum absolute atomic E-state index is 0.0565. The highest BCUT2D eigenvalue weighted by Gasteiger charge is 2.17. The second kappa shape index (κ2) is 3.18. The highest BCUT2D eigenvalue weighted by atomic mass is 79.9. The maximum absolute atomic E-state index is 9.01. The lowest BCUT2D eigenvalue weighted by Crippen LogP contribution is -2.11. The lowest BCUT2D eigenvalue weighted by atomic mass is 10.1. The molecule has 0 spiro atoms. The van der Waals surface area contributed by atoms with Crippen molar-refractivity contribution in [3.05, 3.63) is 16.1 Å². The Balaban J connectivity index is 2.47. The van der Waals surface area contributed by atoms with Crippen LogP contribution in [0.2, 0.25) is 0 Å². The first kappa shape index (κ1) is 8.26. The summed E-state index contributed by atoms with van der Waals surface area (Å²) in [4.78, 5) is 4.24. The Morgan fingerprint density at radius 3 is 3.08 bits per heavy atom. The Labute approximate surface area is 79.6 Å². The molecule has 0 aliphatic carbocycles. The number of rotatable bonds is 1. The summed E-state index contributed by atoms with van der Waals surface area (Å²) in [5.41, 5.74) is 2.04. The summed E-state index contributed by atoms with van der Waals surface area (Å²) in [6, 6.07) is 0. The SMILES string of the molecule is OCc1nc(Br)n2c1CCCC2. The third-order valence-electron chi connectivity index (χ3n) is 2.30. The van der Waals surface area contributed by atoms with E-state index in [4.69, 9.17) is 5.11 Å². The minimum Gasteiger partial charge on any atom is -0.390 e. The van der Waals surface area contributed by atoms with Gasteiger partial charge >= 0.3 is 0 Å². The Kier molecular flexibility index (Phi) is 2.19. The van der Waals surface area contributed by atoms with Crippen molar-refractivity contribution in [3.63, 3.8) is 0 Å². The predicted octanol–water partition coefficient (Wildman–Crippen LogP) is 1.47. The lowest BCUT2D eigenvalue weighted by molar-refractivity contribution is 0.275. The zero-order valence-electron chi connectivity index (χ0n) is 6.76. The van der Waals surface area contributed by atoms with Gasteiger partial charge < -0.3 is 9.67 Å².